The van der Waals surface area contributed by atoms with Gasteiger partial charge in [0.15, 0.2) is 0 Å². The molecular formula is C4H11O2Sn. The molecule has 0 aliphatic heterocycles. The van der Waals surface area contributed by atoms with Gasteiger partial charge in [-0.15, -0.1) is 0 Å². The quantitative estimate of drug-likeness (QED) is 0.587. The summed E-state index contributed by atoms with van der Waals surface area (Å²) in [5, 5.41) is 0. The normalized spacial score (nSPS) is 8.57. The average molecular weight is 210 g/mol. The molecule has 0 saturated heterocycles. The van der Waals surface area contributed by atoms with E-state index in [0.29, 0.717) is 5.92 Å². The van der Waals surface area contributed by atoms with Crippen molar-refractivity contribution in [3.8, 4) is 0 Å². The third kappa shape index (κ3) is 10.8. The van der Waals surface area contributed by atoms with Crippen LogP contribution in [0.4, 0.5) is 0 Å². The maximum Gasteiger partial charge on any atom is -0.412 e. The number of hydrogen-bond acceptors (Lipinski definition) is 1. The van der Waals surface area contributed by atoms with E-state index in [0.717, 1.165) is 6.61 Å². The van der Waals surface area contributed by atoms with E-state index in [9.17, 15) is 0 Å². The van der Waals surface area contributed by atoms with Crippen molar-refractivity contribution in [3.63, 3.8) is 0 Å². The molecule has 43 valence electrons. The second-order valence-electron chi connectivity index (χ2n) is 1.70. The van der Waals surface area contributed by atoms with Gasteiger partial charge in [0.1, 0.15) is 0 Å². The molecule has 0 unspecified atom stereocenters. The molecule has 0 atom stereocenters. The van der Waals surface area contributed by atoms with Crippen LogP contribution in [0.25, 0.3) is 0 Å². The molecule has 0 aliphatic carbocycles. The molecule has 0 aliphatic rings. The molecule has 0 amide bonds. The summed E-state index contributed by atoms with van der Waals surface area (Å²) in [6.07, 6.45) is 0. The zero-order valence-electron chi connectivity index (χ0n) is 4.69. The van der Waals surface area contributed by atoms with Crippen molar-refractivity contribution in [1.82, 2.24) is 0 Å². The van der Waals surface area contributed by atoms with E-state index < -0.39 is 0 Å². The fourth-order valence-corrected chi connectivity index (χ4v) is 1.12. The van der Waals surface area contributed by atoms with Crippen LogP contribution in [0.2, 0.25) is 0 Å². The molecule has 0 aromatic heterocycles. The van der Waals surface area contributed by atoms with Crippen LogP contribution in [0, 0.1) is 5.92 Å². The first-order valence-corrected chi connectivity index (χ1v) is 3.22. The third-order valence-corrected chi connectivity index (χ3v) is 0.892. The third-order valence-electron chi connectivity index (χ3n) is 0.417. The summed E-state index contributed by atoms with van der Waals surface area (Å²) in [6.45, 7) is 5.20. The molecule has 0 spiro atoms. The minimum absolute atomic E-state index is 0. The van der Waals surface area contributed by atoms with Gasteiger partial charge in [-0.3, -0.25) is 0 Å². The van der Waals surface area contributed by atoms with Crippen molar-refractivity contribution in [2.45, 2.75) is 13.8 Å². The molecule has 0 aromatic rings. The van der Waals surface area contributed by atoms with E-state index in [1.807, 2.05) is 0 Å². The van der Waals surface area contributed by atoms with Gasteiger partial charge in [0.25, 0.3) is 0 Å². The molecule has 0 rings (SSSR count). The molecule has 0 aromatic carbocycles. The van der Waals surface area contributed by atoms with Gasteiger partial charge in [-0.1, -0.05) is 0 Å². The second-order valence-corrected chi connectivity index (χ2v) is 2.53. The molecule has 0 heterocycles. The van der Waals surface area contributed by atoms with Crippen molar-refractivity contribution in [2.24, 2.45) is 5.92 Å². The van der Waals surface area contributed by atoms with Gasteiger partial charge in [0, 0.05) is 0 Å². The maximum absolute atomic E-state index is 4.89. The van der Waals surface area contributed by atoms with E-state index in [-0.39, 0.29) is 5.48 Å². The molecule has 2 N–H and O–H groups in total. The van der Waals surface area contributed by atoms with Gasteiger partial charge in [-0.05, 0) is 0 Å². The fraction of sp³-hybridized carbons (Fsp3) is 1.00. The van der Waals surface area contributed by atoms with E-state index in [2.05, 4.69) is 13.8 Å². The second kappa shape index (κ2) is 6.72. The summed E-state index contributed by atoms with van der Waals surface area (Å²) in [6, 6.07) is 0. The zero-order valence-corrected chi connectivity index (χ0v) is 7.55. The van der Waals surface area contributed by atoms with Crippen LogP contribution < -0.4 is 0 Å². The molecule has 2 nitrogen and oxygen atoms in total. The Hall–Kier alpha value is 0.719. The molecule has 3 heteroatoms. The van der Waals surface area contributed by atoms with Gasteiger partial charge in [0.05, 0.1) is 0 Å². The smallest absolute Gasteiger partial charge is 0.412 e. The van der Waals surface area contributed by atoms with Gasteiger partial charge in [-0.25, -0.2) is 0 Å². The van der Waals surface area contributed by atoms with Crippen LogP contribution in [-0.4, -0.2) is 35.0 Å². The van der Waals surface area contributed by atoms with Crippen LogP contribution in [0.5, 0.6) is 0 Å². The van der Waals surface area contributed by atoms with E-state index in [4.69, 9.17) is 3.07 Å². The van der Waals surface area contributed by atoms with Crippen LogP contribution in [0.15, 0.2) is 0 Å². The van der Waals surface area contributed by atoms with Crippen molar-refractivity contribution in [2.75, 3.05) is 6.61 Å². The Kier molecular flexibility index (Phi) is 10.2. The zero-order chi connectivity index (χ0) is 4.99. The summed E-state index contributed by atoms with van der Waals surface area (Å²) in [7, 11) is 0. The van der Waals surface area contributed by atoms with Crippen molar-refractivity contribution in [3.05, 3.63) is 0 Å². The Bertz CT molecular complexity index is 30.9. The summed E-state index contributed by atoms with van der Waals surface area (Å²) in [5.74, 6) is 0.698. The largest absolute Gasteiger partial charge is 0.412 e. The molecule has 0 saturated carbocycles. The summed E-state index contributed by atoms with van der Waals surface area (Å²) in [4.78, 5) is 0. The first-order valence-electron chi connectivity index (χ1n) is 2.06. The fourth-order valence-electron chi connectivity index (χ4n) is 0.167. The standard InChI is InChI=1S/C4H9O.H2O.Sn/c1-4(2)3-5;;/h4H,3H2,1-2H3;1H2;/q-1;;+1. The first-order chi connectivity index (χ1) is 2.77. The van der Waals surface area contributed by atoms with Gasteiger partial charge in [-0.2, -0.15) is 0 Å². The minimum Gasteiger partial charge on any atom is -0.412 e. The van der Waals surface area contributed by atoms with E-state index in [1.165, 1.54) is 22.9 Å². The van der Waals surface area contributed by atoms with Crippen molar-refractivity contribution in [1.29, 1.82) is 0 Å². The predicted molar refractivity (Wildman–Crippen MR) is 30.2 cm³/mol. The predicted octanol–water partition coefficient (Wildman–Crippen LogP) is -0.0822. The molecule has 7 heavy (non-hydrogen) atoms. The van der Waals surface area contributed by atoms with Crippen LogP contribution in [0.1, 0.15) is 13.8 Å². The maximum atomic E-state index is 4.89. The first kappa shape index (κ1) is 10.7. The monoisotopic (exact) mass is 211 g/mol. The number of hydrogen-bond donors (Lipinski definition) is 0. The van der Waals surface area contributed by atoms with Gasteiger partial charge >= 0.3 is 52.4 Å². The van der Waals surface area contributed by atoms with Crippen LogP contribution in [-0.2, 0) is 3.07 Å². The average Bonchev–Trinajstić information content (AvgIpc) is 1.35. The van der Waals surface area contributed by atoms with Crippen molar-refractivity contribution >= 4 is 22.9 Å². The van der Waals surface area contributed by atoms with Gasteiger partial charge < -0.3 is 5.48 Å². The Morgan fingerprint density at radius 3 is 2.00 bits per heavy atom. The summed E-state index contributed by atoms with van der Waals surface area (Å²) < 4.78 is 4.89. The summed E-state index contributed by atoms with van der Waals surface area (Å²) >= 11 is 1.18. The Labute approximate surface area is 58.2 Å². The SMILES string of the molecule is CC(C)C[O][Sn].O. The molecule has 3 radical (unpaired) electrons. The van der Waals surface area contributed by atoms with E-state index >= 15 is 0 Å². The Morgan fingerprint density at radius 2 is 2.00 bits per heavy atom. The van der Waals surface area contributed by atoms with Crippen LogP contribution in [0.3, 0.4) is 0 Å². The number of rotatable bonds is 2. The van der Waals surface area contributed by atoms with Crippen molar-refractivity contribution < 1.29 is 8.55 Å². The molecule has 0 fully saturated rings. The topological polar surface area (TPSA) is 40.7 Å². The molecule has 0 bridgehead atoms. The minimum atomic E-state index is 0. The van der Waals surface area contributed by atoms with E-state index in [1.54, 1.807) is 0 Å². The van der Waals surface area contributed by atoms with Gasteiger partial charge in [0.2, 0.25) is 0 Å². The molecular weight excluding hydrogens is 199 g/mol. The Morgan fingerprint density at radius 1 is 1.57 bits per heavy atom. The summed E-state index contributed by atoms with van der Waals surface area (Å²) in [5.41, 5.74) is 0. The Balaban J connectivity index is 0. The van der Waals surface area contributed by atoms with Crippen LogP contribution >= 0.6 is 0 Å².